The monoisotopic (exact) mass is 1560 g/mol. The predicted octanol–water partition coefficient (Wildman–Crippen LogP) is 5.65. The molecule has 8 saturated heterocycles. The van der Waals surface area contributed by atoms with Crippen molar-refractivity contribution < 1.29 is 157 Å². The summed E-state index contributed by atoms with van der Waals surface area (Å²) in [4.78, 5) is 185. The van der Waals surface area contributed by atoms with E-state index in [0.29, 0.717) is 54.2 Å². The Morgan fingerprint density at radius 1 is 0.459 bits per heavy atom. The van der Waals surface area contributed by atoms with Gasteiger partial charge in [-0.05, 0) is 125 Å². The maximum Gasteiger partial charge on any atom is 0.508 e. The number of ether oxygens (including phenoxy) is 17. The van der Waals surface area contributed by atoms with Crippen LogP contribution in [0, 0.1) is 76.9 Å². The molecule has 0 amide bonds. The Balaban J connectivity index is 0.000000155. The summed E-state index contributed by atoms with van der Waals surface area (Å²) in [6.07, 6.45) is 3.87. The lowest BCUT2D eigenvalue weighted by molar-refractivity contribution is -0.177. The summed E-state index contributed by atoms with van der Waals surface area (Å²) in [6.45, 7) is 32.7. The zero-order valence-corrected chi connectivity index (χ0v) is 63.7. The maximum atomic E-state index is 12.0. The molecule has 0 aromatic heterocycles. The van der Waals surface area contributed by atoms with Crippen molar-refractivity contribution >= 4 is 95.7 Å². The first-order chi connectivity index (χ1) is 52.1. The zero-order valence-electron chi connectivity index (χ0n) is 63.7. The van der Waals surface area contributed by atoms with Gasteiger partial charge in [-0.3, -0.25) is 33.6 Å². The van der Waals surface area contributed by atoms with Crippen LogP contribution in [0.1, 0.15) is 132 Å². The smallest absolute Gasteiger partial charge is 0.469 e. The topological polar surface area (TPSA) is 430 Å². The van der Waals surface area contributed by atoms with Gasteiger partial charge in [0.05, 0.1) is 56.1 Å². The standard InChI is InChI=1S/C16H18O8.C16H20O6.C14H16O6.C14H18O4.C10H14O4.C8H10O5/c1-6(2)14(18)22-5-9(17)23-12-7-4-8-11(10(7)15(19)21-3)16(20)24-13(8)12;1-8(2)15(18)20-7-13(17)22-14-10-3-9-4-11(6-10)16(19)21-12(14)5-9;1-5(2)12(15)19-10-6-4-7-9(8(6)13(16)18-3)14(17)20-11(7)10;1-8(2)12(15)18-14-5-9-3-10(6-14)13(16)17-11(4-9)7-14;1-6(2)9(12)14-10(4)5-8(11)13-7(10)3;1-5(2)7(9)11-3-6-4-12-8(10)13-6/h7-8,10-13H,1,4-5H2,2-3H3;9-12,14H,1,3-7H2,2H3;6-11H,1,4H2,2-3H3;9-11H,1,3-7H2,2H3;7H,1,5H2,2-4H3;6H,1,3-4H2,2H3. The van der Waals surface area contributed by atoms with Crippen LogP contribution in [0.3, 0.4) is 0 Å². The summed E-state index contributed by atoms with van der Waals surface area (Å²) in [7, 11) is 2.55. The first-order valence-electron chi connectivity index (χ1n) is 36.7. The number of cyclic esters (lactones) is 3. The highest BCUT2D eigenvalue weighted by Crippen LogP contribution is 2.61. The van der Waals surface area contributed by atoms with Gasteiger partial charge in [0, 0.05) is 75.9 Å². The minimum Gasteiger partial charge on any atom is -0.469 e. The van der Waals surface area contributed by atoms with Crippen LogP contribution in [0.2, 0.25) is 0 Å². The van der Waals surface area contributed by atoms with Crippen LogP contribution < -0.4 is 0 Å². The van der Waals surface area contributed by atoms with E-state index >= 15 is 0 Å². The third-order valence-corrected chi connectivity index (χ3v) is 22.4. The second-order valence-electron chi connectivity index (χ2n) is 31.1. The molecule has 0 spiro atoms. The molecule has 8 heterocycles. The van der Waals surface area contributed by atoms with Crippen LogP contribution in [0.4, 0.5) is 4.79 Å². The quantitative estimate of drug-likeness (QED) is 0.0856. The predicted molar refractivity (Wildman–Crippen MR) is 371 cm³/mol. The fourth-order valence-corrected chi connectivity index (χ4v) is 17.5. The van der Waals surface area contributed by atoms with Crippen LogP contribution in [0.15, 0.2) is 72.9 Å². The maximum absolute atomic E-state index is 12.0. The Morgan fingerprint density at radius 2 is 0.946 bits per heavy atom. The SMILES string of the molecule is C=C(C)C(=O)OC1(C)CC(=O)OC1C.C=C(C)C(=O)OC12CC3CC(C1)OC(=O)C(C3)C2.C=C(C)C(=O)OC1C2CC3C1OC(=O)C3C2C(=O)OC.C=C(C)C(=O)OCC(=O)OC1C2CC3C1OC(=O)C3C2C(=O)OC.C=C(C)C(=O)OCC(=O)OC1C2CC3CC(C2)C(=O)OC1C3.C=C(C)C(=O)OCC1COC(=O)O1. The number of carbonyl (C=O) groups is 16. The molecule has 33 heteroatoms. The number of methoxy groups -OCH3 is 2. The third-order valence-electron chi connectivity index (χ3n) is 22.4. The molecule has 16 fully saturated rings. The Bertz CT molecular complexity index is 3860. The molecule has 0 aromatic carbocycles. The second kappa shape index (κ2) is 35.0. The van der Waals surface area contributed by atoms with Crippen LogP contribution in [0.5, 0.6) is 0 Å². The van der Waals surface area contributed by atoms with Crippen LogP contribution in [0.25, 0.3) is 0 Å². The highest BCUT2D eigenvalue weighted by Gasteiger charge is 2.72. The van der Waals surface area contributed by atoms with Crippen molar-refractivity contribution in [1.29, 1.82) is 0 Å². The lowest BCUT2D eigenvalue weighted by Crippen LogP contribution is -2.48. The molecule has 16 rings (SSSR count). The van der Waals surface area contributed by atoms with E-state index in [1.54, 1.807) is 41.5 Å². The van der Waals surface area contributed by atoms with Crippen LogP contribution in [-0.4, -0.2) is 202 Å². The fraction of sp³-hybridized carbons (Fsp3) is 0.641. The van der Waals surface area contributed by atoms with Gasteiger partial charge in [0.1, 0.15) is 67.6 Å². The van der Waals surface area contributed by atoms with E-state index in [0.717, 1.165) is 44.9 Å². The fourth-order valence-electron chi connectivity index (χ4n) is 17.5. The molecule has 8 saturated carbocycles. The lowest BCUT2D eigenvalue weighted by Gasteiger charge is -2.45. The van der Waals surface area contributed by atoms with Crippen molar-refractivity contribution in [3.05, 3.63) is 72.9 Å². The summed E-state index contributed by atoms with van der Waals surface area (Å²) in [5, 5.41) is 0. The number of hydrogen-bond acceptors (Lipinski definition) is 33. The van der Waals surface area contributed by atoms with Crippen molar-refractivity contribution in [2.45, 2.75) is 199 Å². The highest BCUT2D eigenvalue weighted by molar-refractivity contribution is 5.92. The molecule has 33 nitrogen and oxygen atoms in total. The first-order valence-corrected chi connectivity index (χ1v) is 36.7. The third kappa shape index (κ3) is 19.4. The summed E-state index contributed by atoms with van der Waals surface area (Å²) in [5.74, 6) is -8.90. The van der Waals surface area contributed by atoms with E-state index in [2.05, 4.69) is 48.9 Å². The average Bonchev–Trinajstić information content (AvgIpc) is 1.55. The molecule has 8 aliphatic carbocycles. The highest BCUT2D eigenvalue weighted by atomic mass is 16.8. The number of carbonyl (C=O) groups excluding carboxylic acids is 16. The number of hydrogen-bond donors (Lipinski definition) is 0. The van der Waals surface area contributed by atoms with Gasteiger partial charge in [-0.2, -0.15) is 0 Å². The molecule has 0 N–H and O–H groups in total. The summed E-state index contributed by atoms with van der Waals surface area (Å²) >= 11 is 0. The van der Waals surface area contributed by atoms with Crippen LogP contribution >= 0.6 is 0 Å². The van der Waals surface area contributed by atoms with Gasteiger partial charge in [-0.15, -0.1) is 0 Å². The molecule has 111 heavy (non-hydrogen) atoms. The number of fused-ring (bicyclic) bond motifs is 4. The van der Waals surface area contributed by atoms with Gasteiger partial charge >= 0.3 is 95.7 Å². The van der Waals surface area contributed by atoms with Gasteiger partial charge in [0.2, 0.25) is 0 Å². The van der Waals surface area contributed by atoms with Gasteiger partial charge in [0.25, 0.3) is 0 Å². The number of esters is 15. The molecule has 12 bridgehead atoms. The van der Waals surface area contributed by atoms with Crippen molar-refractivity contribution in [2.24, 2.45) is 76.9 Å². The van der Waals surface area contributed by atoms with Gasteiger partial charge < -0.3 is 80.5 Å². The first kappa shape index (κ1) is 84.8. The molecule has 606 valence electrons. The van der Waals surface area contributed by atoms with Crippen molar-refractivity contribution in [3.63, 3.8) is 0 Å². The van der Waals surface area contributed by atoms with Crippen molar-refractivity contribution in [1.82, 2.24) is 0 Å². The minimum atomic E-state index is -0.854. The second-order valence-corrected chi connectivity index (χ2v) is 31.1. The van der Waals surface area contributed by atoms with E-state index in [1.165, 1.54) is 28.1 Å². The molecule has 24 atom stereocenters. The molecular weight excluding hydrogens is 1460 g/mol. The Kier molecular flexibility index (Phi) is 26.7. The molecule has 0 radical (unpaired) electrons. The summed E-state index contributed by atoms with van der Waals surface area (Å²) in [6, 6.07) is 0. The van der Waals surface area contributed by atoms with E-state index in [9.17, 15) is 76.7 Å². The number of rotatable bonds is 19. The minimum absolute atomic E-state index is 0.0113. The lowest BCUT2D eigenvalue weighted by atomic mass is 9.65. The normalized spacial score (nSPS) is 34.9. The van der Waals surface area contributed by atoms with Gasteiger partial charge in [0.15, 0.2) is 24.9 Å². The Labute approximate surface area is 639 Å². The van der Waals surface area contributed by atoms with E-state index in [1.807, 2.05) is 0 Å². The zero-order chi connectivity index (χ0) is 81.7. The van der Waals surface area contributed by atoms with Crippen molar-refractivity contribution in [2.75, 3.05) is 40.6 Å². The Morgan fingerprint density at radius 3 is 1.43 bits per heavy atom. The molecule has 0 aromatic rings. The molecule has 16 aliphatic rings. The Hall–Kier alpha value is -10.2. The van der Waals surface area contributed by atoms with Crippen LogP contribution in [-0.2, 0) is 152 Å². The summed E-state index contributed by atoms with van der Waals surface area (Å²) < 4.78 is 86.4. The van der Waals surface area contributed by atoms with E-state index in [4.69, 9.17) is 71.1 Å². The van der Waals surface area contributed by atoms with Gasteiger partial charge in [-0.1, -0.05) is 39.5 Å². The molecule has 8 aliphatic heterocycles. The molecular formula is C78H96O33. The van der Waals surface area contributed by atoms with Gasteiger partial charge in [-0.25, -0.2) is 43.2 Å². The molecule has 24 unspecified atom stereocenters. The van der Waals surface area contributed by atoms with E-state index < -0.39 is 157 Å². The summed E-state index contributed by atoms with van der Waals surface area (Å²) in [5.41, 5.74) is 0.378. The average molecular weight is 1560 g/mol. The largest absolute Gasteiger partial charge is 0.508 e. The van der Waals surface area contributed by atoms with Crippen molar-refractivity contribution in [3.8, 4) is 0 Å². The van der Waals surface area contributed by atoms with E-state index in [-0.39, 0.29) is 120 Å².